The minimum absolute atomic E-state index is 0.203. The molecule has 16 heavy (non-hydrogen) atoms. The van der Waals surface area contributed by atoms with Gasteiger partial charge < -0.3 is 11.1 Å². The first-order valence-electron chi connectivity index (χ1n) is 4.64. The molecule has 6 heteroatoms. The number of rotatable bonds is 4. The molecule has 88 valence electrons. The number of halogens is 1. The summed E-state index contributed by atoms with van der Waals surface area (Å²) in [5, 5.41) is 3.13. The van der Waals surface area contributed by atoms with Gasteiger partial charge in [0.05, 0.1) is 11.4 Å². The summed E-state index contributed by atoms with van der Waals surface area (Å²) in [6.45, 7) is 0. The van der Waals surface area contributed by atoms with Crippen molar-refractivity contribution in [2.75, 3.05) is 23.1 Å². The Morgan fingerprint density at radius 3 is 2.88 bits per heavy atom. The molecule has 1 amide bonds. The monoisotopic (exact) mass is 260 g/mol. The lowest BCUT2D eigenvalue weighted by atomic mass is 10.2. The first kappa shape index (κ1) is 13.0. The van der Waals surface area contributed by atoms with Crippen molar-refractivity contribution in [2.24, 2.45) is 0 Å². The Balaban J connectivity index is 2.62. The third kappa shape index (κ3) is 4.20. The molecule has 1 unspecified atom stereocenters. The maximum atomic E-state index is 11.4. The highest BCUT2D eigenvalue weighted by Gasteiger charge is 2.06. The van der Waals surface area contributed by atoms with E-state index in [1.807, 2.05) is 0 Å². The molecule has 0 heterocycles. The average Bonchev–Trinajstić information content (AvgIpc) is 2.20. The Morgan fingerprint density at radius 1 is 1.56 bits per heavy atom. The molecule has 0 fully saturated rings. The molecular formula is C10H13ClN2O2S. The summed E-state index contributed by atoms with van der Waals surface area (Å²) >= 11 is 5.77. The normalized spacial score (nSPS) is 12.1. The molecule has 0 radical (unpaired) electrons. The molecule has 1 aromatic carbocycles. The summed E-state index contributed by atoms with van der Waals surface area (Å²) in [7, 11) is -0.972. The lowest BCUT2D eigenvalue weighted by Crippen LogP contribution is -2.15. The number of anilines is 2. The highest BCUT2D eigenvalue weighted by molar-refractivity contribution is 7.84. The zero-order valence-corrected chi connectivity index (χ0v) is 10.4. The topological polar surface area (TPSA) is 72.2 Å². The van der Waals surface area contributed by atoms with Crippen LogP contribution in [-0.4, -0.2) is 22.1 Å². The maximum Gasteiger partial charge on any atom is 0.225 e. The third-order valence-corrected chi connectivity index (χ3v) is 2.92. The number of nitrogens with one attached hydrogen (secondary N) is 1. The predicted molar refractivity (Wildman–Crippen MR) is 68.0 cm³/mol. The zero-order valence-electron chi connectivity index (χ0n) is 8.83. The number of nitrogen functional groups attached to an aromatic ring is 1. The Hall–Kier alpha value is -1.07. The molecule has 0 bridgehead atoms. The lowest BCUT2D eigenvalue weighted by molar-refractivity contribution is -0.115. The Labute approximate surface area is 102 Å². The van der Waals surface area contributed by atoms with Crippen LogP contribution in [0.1, 0.15) is 6.42 Å². The molecule has 0 aliphatic heterocycles. The van der Waals surface area contributed by atoms with Crippen LogP contribution in [0.5, 0.6) is 0 Å². The van der Waals surface area contributed by atoms with Gasteiger partial charge in [0.2, 0.25) is 5.91 Å². The fraction of sp³-hybridized carbons (Fsp3) is 0.300. The van der Waals surface area contributed by atoms with Crippen LogP contribution >= 0.6 is 11.6 Å². The Morgan fingerprint density at radius 2 is 2.25 bits per heavy atom. The molecule has 0 saturated carbocycles. The first-order chi connectivity index (χ1) is 7.49. The van der Waals surface area contributed by atoms with E-state index in [2.05, 4.69) is 5.32 Å². The van der Waals surface area contributed by atoms with Crippen LogP contribution in [0.2, 0.25) is 5.02 Å². The Kier molecular flexibility index (Phi) is 4.76. The highest BCUT2D eigenvalue weighted by Crippen LogP contribution is 2.22. The van der Waals surface area contributed by atoms with Crippen molar-refractivity contribution in [1.29, 1.82) is 0 Å². The van der Waals surface area contributed by atoms with Crippen molar-refractivity contribution in [3.05, 3.63) is 23.2 Å². The second-order valence-electron chi connectivity index (χ2n) is 3.31. The molecule has 1 atom stereocenters. The van der Waals surface area contributed by atoms with Crippen LogP contribution in [0.3, 0.4) is 0 Å². The van der Waals surface area contributed by atoms with Crippen LogP contribution in [-0.2, 0) is 15.6 Å². The molecule has 0 aromatic heterocycles. The van der Waals surface area contributed by atoms with E-state index in [4.69, 9.17) is 17.3 Å². The average molecular weight is 261 g/mol. The van der Waals surface area contributed by atoms with Gasteiger partial charge in [-0.15, -0.1) is 0 Å². The van der Waals surface area contributed by atoms with E-state index in [0.29, 0.717) is 22.2 Å². The first-order valence-corrected chi connectivity index (χ1v) is 6.74. The zero-order chi connectivity index (χ0) is 12.1. The highest BCUT2D eigenvalue weighted by atomic mass is 35.5. The van der Waals surface area contributed by atoms with Crippen LogP contribution in [0.25, 0.3) is 0 Å². The molecular weight excluding hydrogens is 248 g/mol. The fourth-order valence-electron chi connectivity index (χ4n) is 1.09. The van der Waals surface area contributed by atoms with E-state index in [1.165, 1.54) is 0 Å². The standard InChI is InChI=1S/C10H13ClN2O2S/c1-16(15)5-4-10(14)13-9-6-7(11)2-3-8(9)12/h2-3,6H,4-5,12H2,1H3,(H,13,14). The number of carbonyl (C=O) groups excluding carboxylic acids is 1. The molecule has 0 saturated heterocycles. The number of amides is 1. The van der Waals surface area contributed by atoms with Crippen molar-refractivity contribution in [3.63, 3.8) is 0 Å². The fourth-order valence-corrected chi connectivity index (χ4v) is 1.73. The molecule has 0 aliphatic rings. The van der Waals surface area contributed by atoms with Gasteiger partial charge in [0, 0.05) is 34.3 Å². The van der Waals surface area contributed by atoms with Crippen LogP contribution in [0, 0.1) is 0 Å². The molecule has 0 aliphatic carbocycles. The SMILES string of the molecule is CS(=O)CCC(=O)Nc1cc(Cl)ccc1N. The van der Waals surface area contributed by atoms with Gasteiger partial charge in [0.15, 0.2) is 0 Å². The minimum atomic E-state index is -0.972. The van der Waals surface area contributed by atoms with Gasteiger partial charge in [-0.05, 0) is 18.2 Å². The van der Waals surface area contributed by atoms with Crippen molar-refractivity contribution in [2.45, 2.75) is 6.42 Å². The summed E-state index contributed by atoms with van der Waals surface area (Å²) in [4.78, 5) is 11.4. The summed E-state index contributed by atoms with van der Waals surface area (Å²) in [5.41, 5.74) is 6.60. The van der Waals surface area contributed by atoms with Crippen molar-refractivity contribution < 1.29 is 9.00 Å². The lowest BCUT2D eigenvalue weighted by Gasteiger charge is -2.07. The third-order valence-electron chi connectivity index (χ3n) is 1.91. The number of nitrogens with two attached hydrogens (primary N) is 1. The minimum Gasteiger partial charge on any atom is -0.397 e. The van der Waals surface area contributed by atoms with E-state index >= 15 is 0 Å². The second kappa shape index (κ2) is 5.86. The van der Waals surface area contributed by atoms with Gasteiger partial charge >= 0.3 is 0 Å². The smallest absolute Gasteiger partial charge is 0.225 e. The van der Waals surface area contributed by atoms with Crippen LogP contribution in [0.15, 0.2) is 18.2 Å². The Bertz CT molecular complexity index is 423. The summed E-state index contributed by atoms with van der Waals surface area (Å²) in [6.07, 6.45) is 1.76. The molecule has 0 spiro atoms. The number of hydrogen-bond acceptors (Lipinski definition) is 3. The molecule has 3 N–H and O–H groups in total. The van der Waals surface area contributed by atoms with Gasteiger partial charge in [0.25, 0.3) is 0 Å². The molecule has 1 rings (SSSR count). The van der Waals surface area contributed by atoms with Crippen molar-refractivity contribution >= 4 is 39.7 Å². The van der Waals surface area contributed by atoms with E-state index in [0.717, 1.165) is 0 Å². The second-order valence-corrected chi connectivity index (χ2v) is 5.30. The van der Waals surface area contributed by atoms with E-state index in [-0.39, 0.29) is 12.3 Å². The van der Waals surface area contributed by atoms with Gasteiger partial charge in [-0.3, -0.25) is 9.00 Å². The van der Waals surface area contributed by atoms with Crippen LogP contribution < -0.4 is 11.1 Å². The summed E-state index contributed by atoms with van der Waals surface area (Å²) in [6, 6.07) is 4.85. The largest absolute Gasteiger partial charge is 0.397 e. The van der Waals surface area contributed by atoms with E-state index in [1.54, 1.807) is 24.5 Å². The van der Waals surface area contributed by atoms with Gasteiger partial charge in [-0.25, -0.2) is 0 Å². The number of hydrogen-bond donors (Lipinski definition) is 2. The van der Waals surface area contributed by atoms with Gasteiger partial charge in [-0.2, -0.15) is 0 Å². The molecule has 4 nitrogen and oxygen atoms in total. The maximum absolute atomic E-state index is 11.4. The number of benzene rings is 1. The van der Waals surface area contributed by atoms with Crippen molar-refractivity contribution in [1.82, 2.24) is 0 Å². The number of carbonyl (C=O) groups is 1. The summed E-state index contributed by atoms with van der Waals surface area (Å²) in [5.74, 6) is 0.121. The quantitative estimate of drug-likeness (QED) is 0.809. The van der Waals surface area contributed by atoms with Gasteiger partial charge in [0.1, 0.15) is 0 Å². The summed E-state index contributed by atoms with van der Waals surface area (Å²) < 4.78 is 10.8. The van der Waals surface area contributed by atoms with E-state index < -0.39 is 10.8 Å². The van der Waals surface area contributed by atoms with Crippen LogP contribution in [0.4, 0.5) is 11.4 Å². The predicted octanol–water partition coefficient (Wildman–Crippen LogP) is 1.63. The van der Waals surface area contributed by atoms with E-state index in [9.17, 15) is 9.00 Å². The van der Waals surface area contributed by atoms with Gasteiger partial charge in [-0.1, -0.05) is 11.6 Å². The van der Waals surface area contributed by atoms with Crippen molar-refractivity contribution in [3.8, 4) is 0 Å². The molecule has 1 aromatic rings.